The first-order valence-electron chi connectivity index (χ1n) is 7.02. The summed E-state index contributed by atoms with van der Waals surface area (Å²) in [6.45, 7) is 4.23. The van der Waals surface area contributed by atoms with Crippen molar-refractivity contribution in [2.24, 2.45) is 0 Å². The first-order valence-corrected chi connectivity index (χ1v) is 7.82. The van der Waals surface area contributed by atoms with Gasteiger partial charge in [0, 0.05) is 9.86 Å². The summed E-state index contributed by atoms with van der Waals surface area (Å²) in [5.41, 5.74) is 4.62. The Labute approximate surface area is 133 Å². The number of benzene rings is 2. The van der Waals surface area contributed by atoms with Crippen molar-refractivity contribution in [1.29, 1.82) is 0 Å². The van der Waals surface area contributed by atoms with Crippen LogP contribution in [-0.2, 0) is 0 Å². The van der Waals surface area contributed by atoms with Crippen molar-refractivity contribution in [2.75, 3.05) is 7.05 Å². The zero-order valence-electron chi connectivity index (χ0n) is 12.4. The maximum absolute atomic E-state index is 6.01. The minimum atomic E-state index is 0.0582. The van der Waals surface area contributed by atoms with Crippen LogP contribution < -0.4 is 5.32 Å². The number of hydrogen-bond donors (Lipinski definition) is 1. The van der Waals surface area contributed by atoms with E-state index in [4.69, 9.17) is 4.42 Å². The Morgan fingerprint density at radius 3 is 2.33 bits per heavy atom. The molecular weight excluding hydrogens is 326 g/mol. The maximum Gasteiger partial charge on any atom is 0.134 e. The molecule has 0 fully saturated rings. The van der Waals surface area contributed by atoms with E-state index >= 15 is 0 Å². The van der Waals surface area contributed by atoms with E-state index in [0.717, 1.165) is 16.7 Å². The van der Waals surface area contributed by atoms with Gasteiger partial charge in [0.25, 0.3) is 0 Å². The van der Waals surface area contributed by atoms with Gasteiger partial charge < -0.3 is 9.73 Å². The smallest absolute Gasteiger partial charge is 0.134 e. The Balaban J connectivity index is 2.09. The van der Waals surface area contributed by atoms with Gasteiger partial charge in [0.15, 0.2) is 0 Å². The van der Waals surface area contributed by atoms with Gasteiger partial charge in [0.2, 0.25) is 0 Å². The molecule has 0 aliphatic rings. The van der Waals surface area contributed by atoms with Gasteiger partial charge in [-0.2, -0.15) is 0 Å². The predicted molar refractivity (Wildman–Crippen MR) is 90.7 cm³/mol. The molecule has 21 heavy (non-hydrogen) atoms. The summed E-state index contributed by atoms with van der Waals surface area (Å²) in [6.07, 6.45) is 0. The molecule has 3 heteroatoms. The van der Waals surface area contributed by atoms with Crippen molar-refractivity contribution in [3.8, 4) is 0 Å². The fourth-order valence-electron chi connectivity index (χ4n) is 2.76. The van der Waals surface area contributed by atoms with Crippen molar-refractivity contribution >= 4 is 26.9 Å². The lowest BCUT2D eigenvalue weighted by Gasteiger charge is -2.16. The predicted octanol–water partition coefficient (Wildman–Crippen LogP) is 5.12. The molecule has 1 atom stereocenters. The summed E-state index contributed by atoms with van der Waals surface area (Å²) in [5, 5.41) is 4.50. The zero-order chi connectivity index (χ0) is 15.0. The van der Waals surface area contributed by atoms with E-state index in [1.807, 2.05) is 25.2 Å². The molecule has 0 aliphatic carbocycles. The van der Waals surface area contributed by atoms with Crippen LogP contribution in [0.15, 0.2) is 51.4 Å². The largest absolute Gasteiger partial charge is 0.459 e. The lowest BCUT2D eigenvalue weighted by molar-refractivity contribution is 0.491. The fraction of sp³-hybridized carbons (Fsp3) is 0.222. The Bertz CT molecular complexity index is 735. The Morgan fingerprint density at radius 2 is 1.71 bits per heavy atom. The molecule has 1 aromatic heterocycles. The van der Waals surface area contributed by atoms with Gasteiger partial charge in [-0.25, -0.2) is 0 Å². The molecule has 108 valence electrons. The molecule has 0 amide bonds. The highest BCUT2D eigenvalue weighted by molar-refractivity contribution is 9.10. The first kappa shape index (κ1) is 14.4. The van der Waals surface area contributed by atoms with Gasteiger partial charge in [-0.05, 0) is 49.7 Å². The third kappa shape index (κ3) is 2.63. The van der Waals surface area contributed by atoms with Gasteiger partial charge in [0.05, 0.1) is 6.04 Å². The van der Waals surface area contributed by atoms with Crippen LogP contribution in [0.2, 0.25) is 0 Å². The van der Waals surface area contributed by atoms with Crippen LogP contribution in [0, 0.1) is 13.8 Å². The summed E-state index contributed by atoms with van der Waals surface area (Å²) in [7, 11) is 1.96. The molecule has 0 spiro atoms. The normalized spacial score (nSPS) is 12.8. The lowest BCUT2D eigenvalue weighted by Crippen LogP contribution is -2.17. The molecular formula is C18H18BrNO. The summed E-state index contributed by atoms with van der Waals surface area (Å²) in [4.78, 5) is 0. The van der Waals surface area contributed by atoms with Gasteiger partial charge in [-0.15, -0.1) is 0 Å². The van der Waals surface area contributed by atoms with Gasteiger partial charge in [-0.1, -0.05) is 46.3 Å². The van der Waals surface area contributed by atoms with E-state index < -0.39 is 0 Å². The van der Waals surface area contributed by atoms with Crippen LogP contribution >= 0.6 is 15.9 Å². The maximum atomic E-state index is 6.01. The number of fused-ring (bicyclic) bond motifs is 1. The highest BCUT2D eigenvalue weighted by Gasteiger charge is 2.18. The average molecular weight is 344 g/mol. The third-order valence-corrected chi connectivity index (χ3v) is 5.06. The molecule has 2 nitrogen and oxygen atoms in total. The molecule has 1 heterocycles. The second-order valence-electron chi connectivity index (χ2n) is 5.38. The number of furan rings is 1. The van der Waals surface area contributed by atoms with E-state index in [1.165, 1.54) is 21.2 Å². The van der Waals surface area contributed by atoms with Crippen molar-refractivity contribution < 1.29 is 4.42 Å². The topological polar surface area (TPSA) is 25.2 Å². The number of rotatable bonds is 3. The number of nitrogens with one attached hydrogen (secondary N) is 1. The van der Waals surface area contributed by atoms with Gasteiger partial charge in [-0.3, -0.25) is 0 Å². The molecule has 0 radical (unpaired) electrons. The Hall–Kier alpha value is -1.58. The molecule has 1 N–H and O–H groups in total. The summed E-state index contributed by atoms with van der Waals surface area (Å²) < 4.78 is 7.18. The van der Waals surface area contributed by atoms with Crippen LogP contribution in [0.1, 0.15) is 28.5 Å². The lowest BCUT2D eigenvalue weighted by atomic mass is 9.99. The highest BCUT2D eigenvalue weighted by Crippen LogP contribution is 2.31. The highest BCUT2D eigenvalue weighted by atomic mass is 79.9. The SMILES string of the molecule is CNC(c1cc(C)c(Br)c(C)c1)c1cc2ccccc2o1. The molecule has 0 bridgehead atoms. The average Bonchev–Trinajstić information content (AvgIpc) is 2.89. The molecule has 0 aliphatic heterocycles. The van der Waals surface area contributed by atoms with Crippen LogP contribution in [0.5, 0.6) is 0 Å². The first-order chi connectivity index (χ1) is 10.1. The Morgan fingerprint density at radius 1 is 1.05 bits per heavy atom. The van der Waals surface area contributed by atoms with Crippen molar-refractivity contribution in [2.45, 2.75) is 19.9 Å². The molecule has 3 rings (SSSR count). The molecule has 2 aromatic carbocycles. The Kier molecular flexibility index (Phi) is 3.87. The quantitative estimate of drug-likeness (QED) is 0.713. The second kappa shape index (κ2) is 5.66. The van der Waals surface area contributed by atoms with Crippen LogP contribution in [0.3, 0.4) is 0 Å². The van der Waals surface area contributed by atoms with Crippen LogP contribution in [0.4, 0.5) is 0 Å². The van der Waals surface area contributed by atoms with Gasteiger partial charge >= 0.3 is 0 Å². The molecule has 1 unspecified atom stereocenters. The summed E-state index contributed by atoms with van der Waals surface area (Å²) in [5.74, 6) is 0.944. The minimum Gasteiger partial charge on any atom is -0.459 e. The monoisotopic (exact) mass is 343 g/mol. The second-order valence-corrected chi connectivity index (χ2v) is 6.17. The van der Waals surface area contributed by atoms with E-state index in [-0.39, 0.29) is 6.04 Å². The molecule has 0 saturated heterocycles. The summed E-state index contributed by atoms with van der Waals surface area (Å²) >= 11 is 3.62. The molecule has 0 saturated carbocycles. The van der Waals surface area contributed by atoms with Crippen LogP contribution in [0.25, 0.3) is 11.0 Å². The van der Waals surface area contributed by atoms with Crippen molar-refractivity contribution in [3.05, 3.63) is 69.4 Å². The van der Waals surface area contributed by atoms with Crippen molar-refractivity contribution in [1.82, 2.24) is 5.32 Å². The number of hydrogen-bond acceptors (Lipinski definition) is 2. The molecule has 3 aromatic rings. The van der Waals surface area contributed by atoms with E-state index in [0.29, 0.717) is 0 Å². The number of halogens is 1. The van der Waals surface area contributed by atoms with Gasteiger partial charge in [0.1, 0.15) is 11.3 Å². The van der Waals surface area contributed by atoms with Crippen molar-refractivity contribution in [3.63, 3.8) is 0 Å². The minimum absolute atomic E-state index is 0.0582. The zero-order valence-corrected chi connectivity index (χ0v) is 14.0. The number of aryl methyl sites for hydroxylation is 2. The van der Waals surface area contributed by atoms with E-state index in [1.54, 1.807) is 0 Å². The number of para-hydroxylation sites is 1. The standard InChI is InChI=1S/C18H18BrNO/c1-11-8-14(9-12(2)17(11)19)18(20-3)16-10-13-6-4-5-7-15(13)21-16/h4-10,18,20H,1-3H3. The van der Waals surface area contributed by atoms with E-state index in [9.17, 15) is 0 Å². The van der Waals surface area contributed by atoms with E-state index in [2.05, 4.69) is 59.4 Å². The third-order valence-electron chi connectivity index (χ3n) is 3.81. The fourth-order valence-corrected chi connectivity index (χ4v) is 2.99. The summed E-state index contributed by atoms with van der Waals surface area (Å²) in [6, 6.07) is 14.7. The van der Waals surface area contributed by atoms with Crippen LogP contribution in [-0.4, -0.2) is 7.05 Å².